The second-order valence-electron chi connectivity index (χ2n) is 6.61. The van der Waals surface area contributed by atoms with Crippen molar-refractivity contribution in [1.82, 2.24) is 14.6 Å². The molecule has 0 amide bonds. The SMILES string of the molecule is COC(=O)c1c(-c2ccc(Cl)cc2)c(C#N)c2nc(-c3ccccc3)nn2c1C(=O)OC. The normalized spacial score (nSPS) is 10.6. The summed E-state index contributed by atoms with van der Waals surface area (Å²) < 4.78 is 11.0. The number of pyridine rings is 1. The van der Waals surface area contributed by atoms with Crippen LogP contribution in [0.1, 0.15) is 26.4 Å². The lowest BCUT2D eigenvalue weighted by Crippen LogP contribution is -2.20. The number of ether oxygens (including phenoxy) is 2. The maximum absolute atomic E-state index is 12.9. The average molecular weight is 447 g/mol. The van der Waals surface area contributed by atoms with Gasteiger partial charge < -0.3 is 9.47 Å². The van der Waals surface area contributed by atoms with E-state index in [0.717, 1.165) is 4.52 Å². The standard InChI is InChI=1S/C23H15ClN4O4/c1-31-22(29)18-17(13-8-10-15(24)11-9-13)16(12-25)21-26-20(14-6-4-3-5-7-14)27-28(21)19(18)23(30)32-2/h3-11H,1-2H3. The smallest absolute Gasteiger partial charge is 0.357 e. The summed E-state index contributed by atoms with van der Waals surface area (Å²) in [7, 11) is 2.37. The van der Waals surface area contributed by atoms with E-state index in [9.17, 15) is 14.9 Å². The predicted octanol–water partition coefficient (Wildman–Crippen LogP) is 4.16. The molecule has 9 heteroatoms. The lowest BCUT2D eigenvalue weighted by molar-refractivity contribution is 0.0547. The van der Waals surface area contributed by atoms with Crippen LogP contribution in [0.15, 0.2) is 54.6 Å². The zero-order chi connectivity index (χ0) is 22.8. The van der Waals surface area contributed by atoms with Crippen molar-refractivity contribution in [2.75, 3.05) is 14.2 Å². The Morgan fingerprint density at radius 3 is 2.22 bits per heavy atom. The summed E-state index contributed by atoms with van der Waals surface area (Å²) in [6.45, 7) is 0. The fourth-order valence-corrected chi connectivity index (χ4v) is 3.52. The molecule has 0 atom stereocenters. The van der Waals surface area contributed by atoms with Crippen molar-refractivity contribution in [3.8, 4) is 28.6 Å². The van der Waals surface area contributed by atoms with Crippen molar-refractivity contribution in [2.45, 2.75) is 0 Å². The Labute approximate surface area is 187 Å². The van der Waals surface area contributed by atoms with Crippen molar-refractivity contribution in [3.63, 3.8) is 0 Å². The third-order valence-corrected chi connectivity index (χ3v) is 5.08. The maximum Gasteiger partial charge on any atom is 0.357 e. The molecule has 2 heterocycles. The number of rotatable bonds is 4. The van der Waals surface area contributed by atoms with E-state index < -0.39 is 11.9 Å². The van der Waals surface area contributed by atoms with Gasteiger partial charge in [-0.1, -0.05) is 54.1 Å². The van der Waals surface area contributed by atoms with E-state index in [1.54, 1.807) is 36.4 Å². The quantitative estimate of drug-likeness (QED) is 0.433. The van der Waals surface area contributed by atoms with Crippen LogP contribution >= 0.6 is 11.6 Å². The highest BCUT2D eigenvalue weighted by molar-refractivity contribution is 6.30. The first-order chi connectivity index (χ1) is 15.5. The molecule has 2 aromatic carbocycles. The van der Waals surface area contributed by atoms with Crippen LogP contribution in [0.25, 0.3) is 28.2 Å². The number of benzene rings is 2. The number of methoxy groups -OCH3 is 2. The van der Waals surface area contributed by atoms with Crippen molar-refractivity contribution >= 4 is 29.2 Å². The van der Waals surface area contributed by atoms with Crippen LogP contribution in [-0.4, -0.2) is 40.8 Å². The number of aromatic nitrogens is 3. The van der Waals surface area contributed by atoms with Crippen molar-refractivity contribution in [2.24, 2.45) is 0 Å². The molecule has 0 bridgehead atoms. The minimum Gasteiger partial charge on any atom is -0.465 e. The highest BCUT2D eigenvalue weighted by Crippen LogP contribution is 2.35. The molecule has 0 saturated heterocycles. The van der Waals surface area contributed by atoms with Crippen LogP contribution in [0.5, 0.6) is 0 Å². The van der Waals surface area contributed by atoms with Crippen LogP contribution in [0.3, 0.4) is 0 Å². The summed E-state index contributed by atoms with van der Waals surface area (Å²) in [4.78, 5) is 30.2. The molecule has 2 aromatic heterocycles. The van der Waals surface area contributed by atoms with Crippen LogP contribution in [0.4, 0.5) is 0 Å². The molecule has 0 saturated carbocycles. The number of nitriles is 1. The van der Waals surface area contributed by atoms with Crippen molar-refractivity contribution in [3.05, 3.63) is 76.4 Å². The largest absolute Gasteiger partial charge is 0.465 e. The molecule has 8 nitrogen and oxygen atoms in total. The lowest BCUT2D eigenvalue weighted by atomic mass is 9.94. The third-order valence-electron chi connectivity index (χ3n) is 4.82. The summed E-state index contributed by atoms with van der Waals surface area (Å²) in [5, 5.41) is 14.9. The molecule has 4 aromatic rings. The van der Waals surface area contributed by atoms with Gasteiger partial charge in [-0.2, -0.15) is 5.26 Å². The number of fused-ring (bicyclic) bond motifs is 1. The second-order valence-corrected chi connectivity index (χ2v) is 7.05. The van der Waals surface area contributed by atoms with E-state index in [1.807, 2.05) is 18.2 Å². The third kappa shape index (κ3) is 3.45. The number of nitrogens with zero attached hydrogens (tertiary/aromatic N) is 4. The maximum atomic E-state index is 12.9. The van der Waals surface area contributed by atoms with E-state index in [0.29, 0.717) is 16.1 Å². The summed E-state index contributed by atoms with van der Waals surface area (Å²) >= 11 is 6.02. The molecule has 0 unspecified atom stereocenters. The summed E-state index contributed by atoms with van der Waals surface area (Å²) in [6.07, 6.45) is 0. The highest BCUT2D eigenvalue weighted by Gasteiger charge is 2.32. The molecule has 4 rings (SSSR count). The Morgan fingerprint density at radius 2 is 1.62 bits per heavy atom. The Balaban J connectivity index is 2.20. The van der Waals surface area contributed by atoms with E-state index in [4.69, 9.17) is 21.1 Å². The molecule has 0 spiro atoms. The van der Waals surface area contributed by atoms with E-state index in [-0.39, 0.29) is 33.9 Å². The molecule has 0 aliphatic carbocycles. The number of carbonyl (C=O) groups excluding carboxylic acids is 2. The summed E-state index contributed by atoms with van der Waals surface area (Å²) in [5.74, 6) is -1.39. The molecule has 0 N–H and O–H groups in total. The molecule has 32 heavy (non-hydrogen) atoms. The molecular weight excluding hydrogens is 432 g/mol. The molecule has 158 valence electrons. The number of hydrogen-bond donors (Lipinski definition) is 0. The van der Waals surface area contributed by atoms with Gasteiger partial charge in [-0.25, -0.2) is 19.1 Å². The van der Waals surface area contributed by atoms with E-state index in [1.165, 1.54) is 14.2 Å². The molecular formula is C23H15ClN4O4. The predicted molar refractivity (Wildman–Crippen MR) is 116 cm³/mol. The zero-order valence-corrected chi connectivity index (χ0v) is 17.8. The summed E-state index contributed by atoms with van der Waals surface area (Å²) in [6, 6.07) is 17.6. The van der Waals surface area contributed by atoms with Gasteiger partial charge in [0.05, 0.1) is 14.2 Å². The first kappa shape index (κ1) is 21.0. The molecule has 0 aliphatic rings. The van der Waals surface area contributed by atoms with E-state index in [2.05, 4.69) is 16.2 Å². The fourth-order valence-electron chi connectivity index (χ4n) is 3.40. The Hall–Kier alpha value is -4.22. The Bertz CT molecular complexity index is 1390. The number of carbonyl (C=O) groups is 2. The van der Waals surface area contributed by atoms with Gasteiger partial charge >= 0.3 is 11.9 Å². The topological polar surface area (TPSA) is 107 Å². The lowest BCUT2D eigenvalue weighted by Gasteiger charge is -2.15. The van der Waals surface area contributed by atoms with Crippen LogP contribution in [-0.2, 0) is 9.47 Å². The minimum absolute atomic E-state index is 0.0510. The van der Waals surface area contributed by atoms with Gasteiger partial charge in [0.15, 0.2) is 17.2 Å². The zero-order valence-electron chi connectivity index (χ0n) is 17.0. The van der Waals surface area contributed by atoms with Crippen LogP contribution in [0.2, 0.25) is 5.02 Å². The molecule has 0 aliphatic heterocycles. The second kappa shape index (κ2) is 8.49. The van der Waals surface area contributed by atoms with Gasteiger partial charge in [0.1, 0.15) is 17.2 Å². The van der Waals surface area contributed by atoms with Crippen LogP contribution in [0, 0.1) is 11.3 Å². The van der Waals surface area contributed by atoms with Gasteiger partial charge in [-0.05, 0) is 17.7 Å². The first-order valence-corrected chi connectivity index (χ1v) is 9.72. The van der Waals surface area contributed by atoms with Crippen molar-refractivity contribution < 1.29 is 19.1 Å². The Morgan fingerprint density at radius 1 is 0.969 bits per heavy atom. The number of esters is 2. The average Bonchev–Trinajstić information content (AvgIpc) is 3.27. The van der Waals surface area contributed by atoms with Gasteiger partial charge in [0.25, 0.3) is 0 Å². The van der Waals surface area contributed by atoms with Gasteiger partial charge in [0, 0.05) is 16.1 Å². The Kier molecular flexibility index (Phi) is 5.58. The number of hydrogen-bond acceptors (Lipinski definition) is 7. The first-order valence-electron chi connectivity index (χ1n) is 9.35. The molecule has 0 radical (unpaired) electrons. The van der Waals surface area contributed by atoms with Crippen molar-refractivity contribution in [1.29, 1.82) is 5.26 Å². The minimum atomic E-state index is -0.834. The monoisotopic (exact) mass is 446 g/mol. The van der Waals surface area contributed by atoms with E-state index >= 15 is 0 Å². The van der Waals surface area contributed by atoms with Gasteiger partial charge in [-0.15, -0.1) is 5.10 Å². The van der Waals surface area contributed by atoms with Crippen LogP contribution < -0.4 is 0 Å². The number of halogens is 1. The van der Waals surface area contributed by atoms with Gasteiger partial charge in [-0.3, -0.25) is 0 Å². The van der Waals surface area contributed by atoms with Gasteiger partial charge in [0.2, 0.25) is 0 Å². The highest BCUT2D eigenvalue weighted by atomic mass is 35.5. The fraction of sp³-hybridized carbons (Fsp3) is 0.0870. The molecule has 0 fully saturated rings. The summed E-state index contributed by atoms with van der Waals surface area (Å²) in [5.41, 5.74) is 1.12.